The first-order valence-corrected chi connectivity index (χ1v) is 5.54. The number of nitrogens with one attached hydrogen (secondary N) is 1. The summed E-state index contributed by atoms with van der Waals surface area (Å²) in [7, 11) is 1.63. The second-order valence-electron chi connectivity index (χ2n) is 3.55. The van der Waals surface area contributed by atoms with Crippen LogP contribution in [-0.2, 0) is 0 Å². The lowest BCUT2D eigenvalue weighted by Gasteiger charge is -2.06. The Balaban J connectivity index is 2.34. The molecule has 0 unspecified atom stereocenters. The Morgan fingerprint density at radius 1 is 1.29 bits per heavy atom. The zero-order valence-corrected chi connectivity index (χ0v) is 9.97. The van der Waals surface area contributed by atoms with Crippen LogP contribution in [0.25, 0.3) is 11.3 Å². The molecule has 17 heavy (non-hydrogen) atoms. The second-order valence-corrected chi connectivity index (χ2v) is 3.55. The van der Waals surface area contributed by atoms with Crippen LogP contribution in [0.4, 0.5) is 5.82 Å². The molecule has 0 saturated carbocycles. The predicted molar refractivity (Wildman–Crippen MR) is 68.2 cm³/mol. The van der Waals surface area contributed by atoms with Crippen LogP contribution >= 0.6 is 0 Å². The SMILES string of the molecule is CCNc1cccc(-c2cncc(OC)c2)n1. The molecule has 2 aromatic rings. The number of rotatable bonds is 4. The Labute approximate surface area is 101 Å². The van der Waals surface area contributed by atoms with Gasteiger partial charge in [0.15, 0.2) is 0 Å². The van der Waals surface area contributed by atoms with E-state index >= 15 is 0 Å². The summed E-state index contributed by atoms with van der Waals surface area (Å²) in [4.78, 5) is 8.62. The third-order valence-corrected chi connectivity index (χ3v) is 2.35. The van der Waals surface area contributed by atoms with Crippen molar-refractivity contribution in [2.45, 2.75) is 6.92 Å². The third-order valence-electron chi connectivity index (χ3n) is 2.35. The minimum Gasteiger partial charge on any atom is -0.495 e. The van der Waals surface area contributed by atoms with Gasteiger partial charge in [-0.15, -0.1) is 0 Å². The van der Waals surface area contributed by atoms with E-state index in [0.717, 1.165) is 29.4 Å². The lowest BCUT2D eigenvalue weighted by atomic mass is 10.2. The lowest BCUT2D eigenvalue weighted by molar-refractivity contribution is 0.413. The minimum atomic E-state index is 0.734. The summed E-state index contributed by atoms with van der Waals surface area (Å²) in [5, 5.41) is 3.18. The zero-order valence-electron chi connectivity index (χ0n) is 9.97. The van der Waals surface area contributed by atoms with E-state index in [2.05, 4.69) is 15.3 Å². The van der Waals surface area contributed by atoms with Crippen molar-refractivity contribution in [3.8, 4) is 17.0 Å². The molecule has 0 atom stereocenters. The van der Waals surface area contributed by atoms with Crippen molar-refractivity contribution in [3.05, 3.63) is 36.7 Å². The van der Waals surface area contributed by atoms with E-state index in [4.69, 9.17) is 4.74 Å². The third kappa shape index (κ3) is 2.72. The van der Waals surface area contributed by atoms with E-state index in [0.29, 0.717) is 0 Å². The van der Waals surface area contributed by atoms with E-state index in [1.54, 1.807) is 19.5 Å². The molecule has 0 amide bonds. The van der Waals surface area contributed by atoms with Crippen LogP contribution in [0.1, 0.15) is 6.92 Å². The average molecular weight is 229 g/mol. The van der Waals surface area contributed by atoms with Gasteiger partial charge in [-0.2, -0.15) is 0 Å². The van der Waals surface area contributed by atoms with Crippen LogP contribution in [0.15, 0.2) is 36.7 Å². The highest BCUT2D eigenvalue weighted by Crippen LogP contribution is 2.21. The highest BCUT2D eigenvalue weighted by molar-refractivity contribution is 5.61. The van der Waals surface area contributed by atoms with Crippen molar-refractivity contribution in [2.75, 3.05) is 19.0 Å². The number of nitrogens with zero attached hydrogens (tertiary/aromatic N) is 2. The fourth-order valence-electron chi connectivity index (χ4n) is 1.55. The Hall–Kier alpha value is -2.10. The Morgan fingerprint density at radius 3 is 2.94 bits per heavy atom. The second kappa shape index (κ2) is 5.30. The molecule has 0 aliphatic rings. The molecule has 0 spiro atoms. The molecule has 0 radical (unpaired) electrons. The number of aromatic nitrogens is 2. The monoisotopic (exact) mass is 229 g/mol. The van der Waals surface area contributed by atoms with E-state index in [9.17, 15) is 0 Å². The summed E-state index contributed by atoms with van der Waals surface area (Å²) in [6.45, 7) is 2.90. The first-order chi connectivity index (χ1) is 8.33. The molecular formula is C13H15N3O. The van der Waals surface area contributed by atoms with E-state index in [1.807, 2.05) is 31.2 Å². The van der Waals surface area contributed by atoms with E-state index < -0.39 is 0 Å². The van der Waals surface area contributed by atoms with Crippen LogP contribution in [0.5, 0.6) is 5.75 Å². The zero-order chi connectivity index (χ0) is 12.1. The molecule has 0 aromatic carbocycles. The Morgan fingerprint density at radius 2 is 2.18 bits per heavy atom. The fourth-order valence-corrected chi connectivity index (χ4v) is 1.55. The predicted octanol–water partition coefficient (Wildman–Crippen LogP) is 2.58. The number of hydrogen-bond acceptors (Lipinski definition) is 4. The summed E-state index contributed by atoms with van der Waals surface area (Å²) in [5.41, 5.74) is 1.83. The van der Waals surface area contributed by atoms with Gasteiger partial charge in [-0.1, -0.05) is 6.07 Å². The molecule has 4 heteroatoms. The quantitative estimate of drug-likeness (QED) is 0.875. The molecule has 2 rings (SSSR count). The first kappa shape index (κ1) is 11.4. The maximum atomic E-state index is 5.15. The number of pyridine rings is 2. The number of anilines is 1. The van der Waals surface area contributed by atoms with Gasteiger partial charge in [0.05, 0.1) is 19.0 Å². The van der Waals surface area contributed by atoms with Crippen molar-refractivity contribution >= 4 is 5.82 Å². The Kier molecular flexibility index (Phi) is 3.55. The summed E-state index contributed by atoms with van der Waals surface area (Å²) in [6.07, 6.45) is 3.46. The summed E-state index contributed by atoms with van der Waals surface area (Å²) >= 11 is 0. The van der Waals surface area contributed by atoms with Crippen LogP contribution in [0.3, 0.4) is 0 Å². The van der Waals surface area contributed by atoms with Gasteiger partial charge in [0.2, 0.25) is 0 Å². The highest BCUT2D eigenvalue weighted by Gasteiger charge is 2.02. The minimum absolute atomic E-state index is 0.734. The van der Waals surface area contributed by atoms with Gasteiger partial charge in [-0.25, -0.2) is 4.98 Å². The van der Waals surface area contributed by atoms with Crippen molar-refractivity contribution < 1.29 is 4.74 Å². The largest absolute Gasteiger partial charge is 0.495 e. The van der Waals surface area contributed by atoms with Crippen molar-refractivity contribution in [2.24, 2.45) is 0 Å². The molecule has 0 aliphatic heterocycles. The van der Waals surface area contributed by atoms with Gasteiger partial charge in [-0.3, -0.25) is 4.98 Å². The normalized spacial score (nSPS) is 10.0. The standard InChI is InChI=1S/C13H15N3O/c1-3-15-13-6-4-5-12(16-13)10-7-11(17-2)9-14-8-10/h4-9H,3H2,1-2H3,(H,15,16). The van der Waals surface area contributed by atoms with Crippen LogP contribution in [0.2, 0.25) is 0 Å². The van der Waals surface area contributed by atoms with E-state index in [-0.39, 0.29) is 0 Å². The summed E-state index contributed by atoms with van der Waals surface area (Å²) in [6, 6.07) is 7.79. The molecule has 1 N–H and O–H groups in total. The topological polar surface area (TPSA) is 47.0 Å². The summed E-state index contributed by atoms with van der Waals surface area (Å²) in [5.74, 6) is 1.60. The molecule has 88 valence electrons. The van der Waals surface area contributed by atoms with Crippen LogP contribution in [-0.4, -0.2) is 23.6 Å². The smallest absolute Gasteiger partial charge is 0.137 e. The van der Waals surface area contributed by atoms with Crippen molar-refractivity contribution in [1.29, 1.82) is 0 Å². The maximum absolute atomic E-state index is 5.15. The van der Waals surface area contributed by atoms with Crippen LogP contribution < -0.4 is 10.1 Å². The molecule has 0 aliphatic carbocycles. The number of methoxy groups -OCH3 is 1. The van der Waals surface area contributed by atoms with Crippen molar-refractivity contribution in [1.82, 2.24) is 9.97 Å². The maximum Gasteiger partial charge on any atom is 0.137 e. The highest BCUT2D eigenvalue weighted by atomic mass is 16.5. The molecule has 4 nitrogen and oxygen atoms in total. The number of ether oxygens (including phenoxy) is 1. The van der Waals surface area contributed by atoms with Gasteiger partial charge < -0.3 is 10.1 Å². The molecule has 0 fully saturated rings. The first-order valence-electron chi connectivity index (χ1n) is 5.54. The van der Waals surface area contributed by atoms with Gasteiger partial charge in [0.1, 0.15) is 11.6 Å². The number of hydrogen-bond donors (Lipinski definition) is 1. The molecule has 0 bridgehead atoms. The fraction of sp³-hybridized carbons (Fsp3) is 0.231. The van der Waals surface area contributed by atoms with Gasteiger partial charge >= 0.3 is 0 Å². The summed E-state index contributed by atoms with van der Waals surface area (Å²) < 4.78 is 5.15. The van der Waals surface area contributed by atoms with E-state index in [1.165, 1.54) is 0 Å². The Bertz CT molecular complexity index is 500. The molecule has 2 heterocycles. The van der Waals surface area contributed by atoms with Gasteiger partial charge in [0, 0.05) is 18.3 Å². The van der Waals surface area contributed by atoms with Crippen molar-refractivity contribution in [3.63, 3.8) is 0 Å². The van der Waals surface area contributed by atoms with Gasteiger partial charge in [-0.05, 0) is 25.1 Å². The molecule has 0 saturated heterocycles. The van der Waals surface area contributed by atoms with Crippen LogP contribution in [0, 0.1) is 0 Å². The molecular weight excluding hydrogens is 214 g/mol. The average Bonchev–Trinajstić information content (AvgIpc) is 2.40. The van der Waals surface area contributed by atoms with Gasteiger partial charge in [0.25, 0.3) is 0 Å². The molecule has 2 aromatic heterocycles. The lowest BCUT2D eigenvalue weighted by Crippen LogP contribution is -1.99.